The van der Waals surface area contributed by atoms with E-state index in [1.54, 1.807) is 0 Å². The van der Waals surface area contributed by atoms with Gasteiger partial charge in [-0.25, -0.2) is 4.39 Å². The van der Waals surface area contributed by atoms with Gasteiger partial charge in [0.2, 0.25) is 0 Å². The summed E-state index contributed by atoms with van der Waals surface area (Å²) in [7, 11) is 0. The second-order valence-electron chi connectivity index (χ2n) is 11.2. The van der Waals surface area contributed by atoms with Crippen molar-refractivity contribution in [3.63, 3.8) is 0 Å². The maximum atomic E-state index is 14.4. The highest BCUT2D eigenvalue weighted by Gasteiger charge is 2.47. The highest BCUT2D eigenvalue weighted by atomic mass is 19.4. The standard InChI is InChI=1S/C25H38F4O/c1-23-12-14-24(15-13-23,16-22(23)26)17-30-21-8-6-20(7-9-21)19-4-2-18(3-5-19)10-11-25(27,28)29/h16,18-21H,2-15,17H2,1H3. The minimum Gasteiger partial charge on any atom is -0.377 e. The molecule has 0 unspecified atom stereocenters. The molecule has 0 aromatic rings. The van der Waals surface area contributed by atoms with Gasteiger partial charge in [-0.05, 0) is 94.5 Å². The van der Waals surface area contributed by atoms with E-state index in [0.29, 0.717) is 31.0 Å². The molecule has 3 saturated carbocycles. The first kappa shape index (κ1) is 22.6. The van der Waals surface area contributed by atoms with Crippen molar-refractivity contribution in [1.29, 1.82) is 0 Å². The van der Waals surface area contributed by atoms with Gasteiger partial charge in [-0.2, -0.15) is 13.2 Å². The number of fused-ring (bicyclic) bond motifs is 2. The van der Waals surface area contributed by atoms with Crippen LogP contribution in [-0.4, -0.2) is 18.9 Å². The molecule has 5 aliphatic carbocycles. The fraction of sp³-hybridized carbons (Fsp3) is 0.920. The molecule has 0 saturated heterocycles. The highest BCUT2D eigenvalue weighted by molar-refractivity contribution is 5.21. The van der Waals surface area contributed by atoms with Crippen LogP contribution in [0.2, 0.25) is 0 Å². The molecule has 3 fully saturated rings. The van der Waals surface area contributed by atoms with Gasteiger partial charge in [-0.3, -0.25) is 0 Å². The predicted molar refractivity (Wildman–Crippen MR) is 111 cm³/mol. The Balaban J connectivity index is 1.17. The molecular weight excluding hydrogens is 392 g/mol. The van der Waals surface area contributed by atoms with E-state index in [-0.39, 0.29) is 22.6 Å². The van der Waals surface area contributed by atoms with Crippen molar-refractivity contribution >= 4 is 0 Å². The lowest BCUT2D eigenvalue weighted by Crippen LogP contribution is -2.41. The van der Waals surface area contributed by atoms with Crippen LogP contribution in [0.25, 0.3) is 0 Å². The van der Waals surface area contributed by atoms with Crippen molar-refractivity contribution in [2.24, 2.45) is 28.6 Å². The van der Waals surface area contributed by atoms with Crippen LogP contribution in [0.15, 0.2) is 11.9 Å². The molecule has 0 spiro atoms. The largest absolute Gasteiger partial charge is 0.389 e. The first-order chi connectivity index (χ1) is 14.2. The topological polar surface area (TPSA) is 9.23 Å². The van der Waals surface area contributed by atoms with Crippen LogP contribution >= 0.6 is 0 Å². The highest BCUT2D eigenvalue weighted by Crippen LogP contribution is 2.56. The van der Waals surface area contributed by atoms with Crippen LogP contribution in [0.3, 0.4) is 0 Å². The molecule has 0 N–H and O–H groups in total. The van der Waals surface area contributed by atoms with Crippen LogP contribution in [0, 0.1) is 28.6 Å². The van der Waals surface area contributed by atoms with Gasteiger partial charge in [-0.1, -0.05) is 19.8 Å². The Hall–Kier alpha value is -0.580. The summed E-state index contributed by atoms with van der Waals surface area (Å²) in [5.74, 6) is 1.76. The Labute approximate surface area is 179 Å². The van der Waals surface area contributed by atoms with E-state index in [4.69, 9.17) is 4.74 Å². The van der Waals surface area contributed by atoms with Crippen molar-refractivity contribution in [3.05, 3.63) is 11.9 Å². The van der Waals surface area contributed by atoms with Gasteiger partial charge >= 0.3 is 6.18 Å². The minimum absolute atomic E-state index is 0.0759. The molecule has 1 nitrogen and oxygen atoms in total. The minimum atomic E-state index is -4.01. The predicted octanol–water partition coefficient (Wildman–Crippen LogP) is 8.14. The number of rotatable bonds is 6. The Morgan fingerprint density at radius 2 is 1.47 bits per heavy atom. The number of hydrogen-bond acceptors (Lipinski definition) is 1. The zero-order valence-electron chi connectivity index (χ0n) is 18.4. The van der Waals surface area contributed by atoms with Gasteiger partial charge in [-0.15, -0.1) is 0 Å². The quantitative estimate of drug-likeness (QED) is 0.386. The third-order valence-corrected chi connectivity index (χ3v) is 9.08. The summed E-state index contributed by atoms with van der Waals surface area (Å²) in [6.45, 7) is 2.71. The van der Waals surface area contributed by atoms with E-state index in [0.717, 1.165) is 64.2 Å². The zero-order valence-corrected chi connectivity index (χ0v) is 18.4. The summed E-state index contributed by atoms with van der Waals surface area (Å²) < 4.78 is 58.1. The van der Waals surface area contributed by atoms with E-state index in [9.17, 15) is 17.6 Å². The molecule has 172 valence electrons. The Morgan fingerprint density at radius 3 is 2.00 bits per heavy atom. The maximum absolute atomic E-state index is 14.4. The average Bonchev–Trinajstić information content (AvgIpc) is 2.73. The van der Waals surface area contributed by atoms with Crippen LogP contribution in [0.4, 0.5) is 17.6 Å². The number of hydrogen-bond donors (Lipinski definition) is 0. The van der Waals surface area contributed by atoms with Gasteiger partial charge in [0.25, 0.3) is 0 Å². The van der Waals surface area contributed by atoms with Crippen molar-refractivity contribution in [2.45, 2.75) is 109 Å². The monoisotopic (exact) mass is 430 g/mol. The van der Waals surface area contributed by atoms with Gasteiger partial charge < -0.3 is 4.74 Å². The second-order valence-corrected chi connectivity index (χ2v) is 11.2. The number of allylic oxidation sites excluding steroid dienone is 1. The summed E-state index contributed by atoms with van der Waals surface area (Å²) >= 11 is 0. The van der Waals surface area contributed by atoms with Crippen molar-refractivity contribution in [2.75, 3.05) is 6.61 Å². The molecule has 5 rings (SSSR count). The molecule has 0 radical (unpaired) electrons. The number of ether oxygens (including phenoxy) is 1. The van der Waals surface area contributed by atoms with Crippen LogP contribution in [0.5, 0.6) is 0 Å². The summed E-state index contributed by atoms with van der Waals surface area (Å²) in [6, 6.07) is 0. The molecule has 0 amide bonds. The zero-order chi connectivity index (χ0) is 21.4. The molecule has 5 aliphatic rings. The molecule has 30 heavy (non-hydrogen) atoms. The summed E-state index contributed by atoms with van der Waals surface area (Å²) in [6.07, 6.45) is 10.5. The Kier molecular flexibility index (Phi) is 6.59. The molecule has 5 heteroatoms. The lowest BCUT2D eigenvalue weighted by Gasteiger charge is -2.48. The first-order valence-electron chi connectivity index (χ1n) is 12.2. The molecule has 0 heterocycles. The Morgan fingerprint density at radius 1 is 0.900 bits per heavy atom. The second kappa shape index (κ2) is 8.75. The van der Waals surface area contributed by atoms with Gasteiger partial charge in [0, 0.05) is 17.3 Å². The first-order valence-corrected chi connectivity index (χ1v) is 12.2. The third kappa shape index (κ3) is 5.24. The van der Waals surface area contributed by atoms with Crippen LogP contribution < -0.4 is 0 Å². The molecule has 0 aromatic carbocycles. The molecule has 2 bridgehead atoms. The number of halogens is 4. The SMILES string of the molecule is CC12CCC(COC3CCC(C4CCC(CCC(F)(F)F)CC4)CC3)(C=C1F)CC2. The van der Waals surface area contributed by atoms with Crippen LogP contribution in [-0.2, 0) is 4.74 Å². The van der Waals surface area contributed by atoms with Crippen molar-refractivity contribution < 1.29 is 22.3 Å². The van der Waals surface area contributed by atoms with Gasteiger partial charge in [0.1, 0.15) is 5.83 Å². The molecule has 0 aromatic heterocycles. The molecular formula is C25H38F4O. The third-order valence-electron chi connectivity index (χ3n) is 9.08. The smallest absolute Gasteiger partial charge is 0.377 e. The number of alkyl halides is 3. The van der Waals surface area contributed by atoms with Crippen molar-refractivity contribution in [3.8, 4) is 0 Å². The molecule has 0 atom stereocenters. The lowest BCUT2D eigenvalue weighted by atomic mass is 9.58. The average molecular weight is 431 g/mol. The normalized spacial score (nSPS) is 42.2. The Bertz CT molecular complexity index is 601. The van der Waals surface area contributed by atoms with E-state index >= 15 is 0 Å². The van der Waals surface area contributed by atoms with Gasteiger partial charge in [0.15, 0.2) is 0 Å². The van der Waals surface area contributed by atoms with Crippen molar-refractivity contribution in [1.82, 2.24) is 0 Å². The molecule has 0 aliphatic heterocycles. The van der Waals surface area contributed by atoms with Gasteiger partial charge in [0.05, 0.1) is 12.7 Å². The fourth-order valence-electron chi connectivity index (χ4n) is 6.64. The lowest BCUT2D eigenvalue weighted by molar-refractivity contribution is -0.138. The van der Waals surface area contributed by atoms with E-state index in [1.165, 1.54) is 12.8 Å². The maximum Gasteiger partial charge on any atom is 0.389 e. The summed E-state index contributed by atoms with van der Waals surface area (Å²) in [5.41, 5.74) is -0.293. The van der Waals surface area contributed by atoms with Crippen LogP contribution in [0.1, 0.15) is 96.8 Å². The van der Waals surface area contributed by atoms with E-state index in [1.807, 2.05) is 13.0 Å². The van der Waals surface area contributed by atoms with E-state index in [2.05, 4.69) is 0 Å². The summed E-state index contributed by atoms with van der Waals surface area (Å²) in [5, 5.41) is 0. The fourth-order valence-corrected chi connectivity index (χ4v) is 6.64. The van der Waals surface area contributed by atoms with E-state index < -0.39 is 12.6 Å². The summed E-state index contributed by atoms with van der Waals surface area (Å²) in [4.78, 5) is 0.